The first-order chi connectivity index (χ1) is 10.8. The summed E-state index contributed by atoms with van der Waals surface area (Å²) >= 11 is 0. The van der Waals surface area contributed by atoms with E-state index >= 15 is 0 Å². The zero-order chi connectivity index (χ0) is 17.0. The van der Waals surface area contributed by atoms with Crippen LogP contribution in [0.25, 0.3) is 10.8 Å². The van der Waals surface area contributed by atoms with E-state index in [0.717, 1.165) is 17.9 Å². The second kappa shape index (κ2) is 7.23. The van der Waals surface area contributed by atoms with E-state index in [0.29, 0.717) is 12.8 Å². The highest BCUT2D eigenvalue weighted by atomic mass is 32.2. The van der Waals surface area contributed by atoms with Gasteiger partial charge in [0.2, 0.25) is 5.69 Å². The van der Waals surface area contributed by atoms with Crippen LogP contribution in [0.4, 0.5) is 5.69 Å². The first-order valence-electron chi connectivity index (χ1n) is 7.81. The van der Waals surface area contributed by atoms with Gasteiger partial charge in [-0.3, -0.25) is 4.55 Å². The smallest absolute Gasteiger partial charge is 0.264 e. The third kappa shape index (κ3) is 4.62. The van der Waals surface area contributed by atoms with Gasteiger partial charge in [0, 0.05) is 31.9 Å². The monoisotopic (exact) mass is 334 g/mol. The average molecular weight is 334 g/mol. The van der Waals surface area contributed by atoms with Gasteiger partial charge in [0.05, 0.1) is 5.75 Å². The number of hydrogen-bond acceptors (Lipinski definition) is 2. The van der Waals surface area contributed by atoms with E-state index in [4.69, 9.17) is 4.55 Å². The summed E-state index contributed by atoms with van der Waals surface area (Å²) in [4.78, 5) is 0. The molecule has 5 heteroatoms. The van der Waals surface area contributed by atoms with Crippen molar-refractivity contribution in [1.29, 1.82) is 0 Å². The first kappa shape index (κ1) is 17.6. The number of aryl methyl sites for hydroxylation is 1. The average Bonchev–Trinajstić information content (AvgIpc) is 2.47. The number of nitrogens with zero attached hydrogens (tertiary/aromatic N) is 1. The molecule has 2 rings (SSSR count). The summed E-state index contributed by atoms with van der Waals surface area (Å²) in [5.74, 6) is -0.180. The zero-order valence-electron chi connectivity index (χ0n) is 13.9. The molecule has 0 aromatic heterocycles. The Hall–Kier alpha value is -1.72. The number of benzene rings is 2. The van der Waals surface area contributed by atoms with Crippen molar-refractivity contribution in [1.82, 2.24) is 0 Å². The van der Waals surface area contributed by atoms with E-state index < -0.39 is 10.1 Å². The summed E-state index contributed by atoms with van der Waals surface area (Å²) < 4.78 is 32.7. The standard InChI is InChI=1S/C18H23NO3S/c1-14(2)19(12-6-7-13-23(20,21)22)18-11-10-16-8-4-5-9-17(16)15(18)3/h4-5,8-11H,6-7,12-13H2,1-3H3/p+1. The molecule has 0 aliphatic heterocycles. The van der Waals surface area contributed by atoms with Gasteiger partial charge in [0.15, 0.2) is 5.71 Å². The number of rotatable bonds is 6. The van der Waals surface area contributed by atoms with E-state index in [1.807, 2.05) is 12.1 Å². The lowest BCUT2D eigenvalue weighted by molar-refractivity contribution is -0.442. The van der Waals surface area contributed by atoms with Crippen LogP contribution in [-0.2, 0) is 10.1 Å². The highest BCUT2D eigenvalue weighted by Crippen LogP contribution is 2.27. The molecule has 0 radical (unpaired) electrons. The normalized spacial score (nSPS) is 11.7. The van der Waals surface area contributed by atoms with Gasteiger partial charge in [0.25, 0.3) is 10.1 Å². The molecule has 2 aromatic carbocycles. The fourth-order valence-electron chi connectivity index (χ4n) is 2.85. The summed E-state index contributed by atoms with van der Waals surface area (Å²) in [6.45, 7) is 6.96. The van der Waals surface area contributed by atoms with E-state index in [-0.39, 0.29) is 5.75 Å². The summed E-state index contributed by atoms with van der Waals surface area (Å²) in [6.07, 6.45) is 1.16. The van der Waals surface area contributed by atoms with E-state index in [9.17, 15) is 8.42 Å². The fourth-order valence-corrected chi connectivity index (χ4v) is 3.42. The Morgan fingerprint density at radius 3 is 2.43 bits per heavy atom. The molecule has 0 saturated heterocycles. The van der Waals surface area contributed by atoms with Crippen molar-refractivity contribution in [2.45, 2.75) is 33.6 Å². The quantitative estimate of drug-likeness (QED) is 0.377. The summed E-state index contributed by atoms with van der Waals surface area (Å²) in [7, 11) is -3.87. The Balaban J connectivity index is 2.26. The fraction of sp³-hybridized carbons (Fsp3) is 0.389. The largest absolute Gasteiger partial charge is 0.286 e. The maximum atomic E-state index is 10.8. The van der Waals surface area contributed by atoms with Crippen LogP contribution in [0.2, 0.25) is 0 Å². The summed E-state index contributed by atoms with van der Waals surface area (Å²) in [5, 5.41) is 2.45. The molecule has 0 amide bonds. The summed E-state index contributed by atoms with van der Waals surface area (Å²) in [6, 6.07) is 12.5. The van der Waals surface area contributed by atoms with Crippen molar-refractivity contribution in [3.05, 3.63) is 42.0 Å². The Kier molecular flexibility index (Phi) is 5.55. The molecular weight excluding hydrogens is 310 g/mol. The second-order valence-corrected chi connectivity index (χ2v) is 7.59. The van der Waals surface area contributed by atoms with Crippen molar-refractivity contribution in [3.8, 4) is 0 Å². The van der Waals surface area contributed by atoms with Crippen LogP contribution in [-0.4, -0.2) is 35.6 Å². The first-order valence-corrected chi connectivity index (χ1v) is 9.42. The van der Waals surface area contributed by atoms with E-state index in [1.54, 1.807) is 0 Å². The number of hydrogen-bond donors (Lipinski definition) is 1. The van der Waals surface area contributed by atoms with Gasteiger partial charge >= 0.3 is 0 Å². The predicted molar refractivity (Wildman–Crippen MR) is 95.5 cm³/mol. The molecule has 0 spiro atoms. The molecule has 1 N–H and O–H groups in total. The minimum atomic E-state index is -3.87. The van der Waals surface area contributed by atoms with Gasteiger partial charge in [-0.05, 0) is 30.2 Å². The lowest BCUT2D eigenvalue weighted by Crippen LogP contribution is -2.16. The highest BCUT2D eigenvalue weighted by Gasteiger charge is 2.16. The molecule has 2 aromatic rings. The number of fused-ring (bicyclic) bond motifs is 1. The second-order valence-electron chi connectivity index (χ2n) is 6.02. The van der Waals surface area contributed by atoms with E-state index in [2.05, 4.69) is 49.6 Å². The molecule has 0 atom stereocenters. The minimum Gasteiger partial charge on any atom is -0.286 e. The molecule has 23 heavy (non-hydrogen) atoms. The molecule has 0 unspecified atom stereocenters. The molecule has 0 fully saturated rings. The molecule has 0 aliphatic rings. The molecule has 0 aliphatic carbocycles. The van der Waals surface area contributed by atoms with Crippen molar-refractivity contribution in [2.24, 2.45) is 0 Å². The molecule has 0 saturated carbocycles. The van der Waals surface area contributed by atoms with E-state index in [1.165, 1.54) is 16.3 Å². The maximum absolute atomic E-state index is 10.8. The van der Waals surface area contributed by atoms with Crippen LogP contribution in [0, 0.1) is 6.92 Å². The maximum Gasteiger partial charge on any atom is 0.264 e. The molecule has 4 nitrogen and oxygen atoms in total. The summed E-state index contributed by atoms with van der Waals surface area (Å²) in [5.41, 5.74) is 3.53. The van der Waals surface area contributed by atoms with Gasteiger partial charge < -0.3 is 0 Å². The zero-order valence-corrected chi connectivity index (χ0v) is 14.7. The van der Waals surface area contributed by atoms with Crippen LogP contribution in [0.1, 0.15) is 32.3 Å². The lowest BCUT2D eigenvalue weighted by atomic mass is 10.0. The van der Waals surface area contributed by atoms with Crippen LogP contribution in [0.15, 0.2) is 36.4 Å². The Bertz CT molecular complexity index is 834. The van der Waals surface area contributed by atoms with Crippen LogP contribution in [0.3, 0.4) is 0 Å². The Morgan fingerprint density at radius 2 is 1.78 bits per heavy atom. The Morgan fingerprint density at radius 1 is 1.09 bits per heavy atom. The Labute approximate surface area is 138 Å². The molecule has 0 bridgehead atoms. The molecule has 124 valence electrons. The van der Waals surface area contributed by atoms with Crippen molar-refractivity contribution in [3.63, 3.8) is 0 Å². The third-order valence-corrected chi connectivity index (χ3v) is 4.84. The number of unbranched alkanes of at least 4 members (excludes halogenated alkanes) is 1. The van der Waals surface area contributed by atoms with Crippen LogP contribution < -0.4 is 0 Å². The SMILES string of the molecule is CC(C)=[N+](CCCCS(=O)(=O)O)c1ccc2ccccc2c1C. The van der Waals surface area contributed by atoms with Gasteiger partial charge in [-0.15, -0.1) is 0 Å². The topological polar surface area (TPSA) is 57.4 Å². The van der Waals surface area contributed by atoms with Gasteiger partial charge in [-0.25, -0.2) is 4.58 Å². The molecule has 0 heterocycles. The van der Waals surface area contributed by atoms with Crippen LogP contribution >= 0.6 is 0 Å². The van der Waals surface area contributed by atoms with Crippen molar-refractivity contribution >= 4 is 32.3 Å². The van der Waals surface area contributed by atoms with Gasteiger partial charge in [0.1, 0.15) is 6.54 Å². The van der Waals surface area contributed by atoms with Gasteiger partial charge in [-0.2, -0.15) is 8.42 Å². The predicted octanol–water partition coefficient (Wildman–Crippen LogP) is 3.94. The minimum absolute atomic E-state index is 0.180. The van der Waals surface area contributed by atoms with Crippen molar-refractivity contribution < 1.29 is 17.5 Å². The lowest BCUT2D eigenvalue weighted by Gasteiger charge is -2.10. The molecular formula is C18H24NO3S+. The highest BCUT2D eigenvalue weighted by molar-refractivity contribution is 7.85. The van der Waals surface area contributed by atoms with Crippen molar-refractivity contribution in [2.75, 3.05) is 12.3 Å². The van der Waals surface area contributed by atoms with Gasteiger partial charge in [-0.1, -0.05) is 24.3 Å². The van der Waals surface area contributed by atoms with Crippen LogP contribution in [0.5, 0.6) is 0 Å². The third-order valence-electron chi connectivity index (χ3n) is 4.03.